The van der Waals surface area contributed by atoms with Gasteiger partial charge in [-0.1, -0.05) is 369 Å². The van der Waals surface area contributed by atoms with Crippen molar-refractivity contribution in [3.05, 3.63) is 0 Å². The number of unbranched alkanes of at least 4 members (excludes halogenated alkanes) is 48. The first-order valence-electron chi connectivity index (χ1n) is 41.5. The van der Waals surface area contributed by atoms with Gasteiger partial charge in [0, 0.05) is 25.7 Å². The van der Waals surface area contributed by atoms with Gasteiger partial charge in [-0.25, -0.2) is 9.13 Å². The van der Waals surface area contributed by atoms with Gasteiger partial charge < -0.3 is 33.8 Å². The lowest BCUT2D eigenvalue weighted by molar-refractivity contribution is -0.161. The smallest absolute Gasteiger partial charge is 0.462 e. The number of esters is 4. The lowest BCUT2D eigenvalue weighted by Crippen LogP contribution is -2.30. The number of ether oxygens (including phenoxy) is 4. The van der Waals surface area contributed by atoms with Crippen LogP contribution in [-0.4, -0.2) is 96.7 Å². The van der Waals surface area contributed by atoms with E-state index in [1.54, 1.807) is 0 Å². The standard InChI is InChI=1S/C80H156O17P2/c1-7-10-12-14-16-18-20-21-22-23-24-25-26-29-33-40-46-52-58-64-79(84)96-76(69-91-78(83)63-57-51-45-39-32-30-27-28-31-36-42-48-54-60-72(4)5)71-95-99(88,89)93-67-74(81)66-92-98(86,87)94-70-75(68-90-77(82)62-56-50-44-38-19-17-15-13-11-8-2)97-80(85)65-59-53-47-41-35-34-37-43-49-55-61-73(6)9-3/h72-76,81H,7-71H2,1-6H3,(H,86,87)(H,88,89)/t73?,74-,75+,76+/m0/s1. The van der Waals surface area contributed by atoms with Gasteiger partial charge in [0.15, 0.2) is 12.2 Å². The van der Waals surface area contributed by atoms with Gasteiger partial charge in [-0.3, -0.25) is 37.3 Å². The molecule has 0 rings (SSSR count). The van der Waals surface area contributed by atoms with Crippen LogP contribution < -0.4 is 0 Å². The summed E-state index contributed by atoms with van der Waals surface area (Å²) >= 11 is 0. The number of carbonyl (C=O) groups is 4. The maximum absolute atomic E-state index is 13.1. The Hall–Kier alpha value is -1.94. The summed E-state index contributed by atoms with van der Waals surface area (Å²) in [6.07, 6.45) is 60.9. The summed E-state index contributed by atoms with van der Waals surface area (Å²) in [5.41, 5.74) is 0. The second-order valence-corrected chi connectivity index (χ2v) is 32.4. The van der Waals surface area contributed by atoms with Crippen LogP contribution >= 0.6 is 15.6 Å². The van der Waals surface area contributed by atoms with Crippen molar-refractivity contribution in [2.24, 2.45) is 11.8 Å². The molecule has 0 heterocycles. The second kappa shape index (κ2) is 71.7. The Balaban J connectivity index is 5.24. The van der Waals surface area contributed by atoms with E-state index in [4.69, 9.17) is 37.0 Å². The minimum absolute atomic E-state index is 0.107. The Labute approximate surface area is 607 Å². The Morgan fingerprint density at radius 2 is 0.515 bits per heavy atom. The zero-order valence-electron chi connectivity index (χ0n) is 64.8. The molecule has 0 aromatic carbocycles. The average Bonchev–Trinajstić information content (AvgIpc) is 0.960. The third-order valence-corrected chi connectivity index (χ3v) is 21.0. The highest BCUT2D eigenvalue weighted by atomic mass is 31.2. The SMILES string of the molecule is CCCCCCCCCCCCCCCCCCCCCC(=O)O[C@H](COC(=O)CCCCCCCCCCCCCCCC(C)C)COP(=O)(O)OC[C@@H](O)COP(=O)(O)OC[C@@H](COC(=O)CCCCCCCCCCCC)OC(=O)CCCCCCCCCCCCC(C)CC. The van der Waals surface area contributed by atoms with E-state index in [1.165, 1.54) is 238 Å². The maximum Gasteiger partial charge on any atom is 0.472 e. The largest absolute Gasteiger partial charge is 0.472 e. The third-order valence-electron chi connectivity index (χ3n) is 19.1. The molecule has 6 atom stereocenters. The number of hydrogen-bond donors (Lipinski definition) is 3. The topological polar surface area (TPSA) is 237 Å². The summed E-state index contributed by atoms with van der Waals surface area (Å²) in [6.45, 7) is 9.66. The number of aliphatic hydroxyl groups is 1. The van der Waals surface area contributed by atoms with E-state index in [9.17, 15) is 43.2 Å². The third kappa shape index (κ3) is 72.8. The van der Waals surface area contributed by atoms with Gasteiger partial charge in [0.2, 0.25) is 0 Å². The summed E-state index contributed by atoms with van der Waals surface area (Å²) in [6, 6.07) is 0. The molecule has 0 saturated carbocycles. The van der Waals surface area contributed by atoms with Crippen LogP contribution in [0.25, 0.3) is 0 Å². The van der Waals surface area contributed by atoms with Crippen LogP contribution in [0.3, 0.4) is 0 Å². The molecule has 0 spiro atoms. The molecule has 19 heteroatoms. The number of rotatable bonds is 79. The van der Waals surface area contributed by atoms with E-state index >= 15 is 0 Å². The number of hydrogen-bond acceptors (Lipinski definition) is 15. The predicted molar refractivity (Wildman–Crippen MR) is 405 cm³/mol. The molecule has 3 N–H and O–H groups in total. The molecule has 17 nitrogen and oxygen atoms in total. The Morgan fingerprint density at radius 1 is 0.293 bits per heavy atom. The van der Waals surface area contributed by atoms with Crippen LogP contribution in [0, 0.1) is 11.8 Å². The summed E-state index contributed by atoms with van der Waals surface area (Å²) in [7, 11) is -9.92. The number of phosphoric ester groups is 2. The zero-order chi connectivity index (χ0) is 72.8. The number of carbonyl (C=O) groups excluding carboxylic acids is 4. The fourth-order valence-electron chi connectivity index (χ4n) is 12.3. The molecule has 588 valence electrons. The lowest BCUT2D eigenvalue weighted by atomic mass is 9.99. The average molecular weight is 1450 g/mol. The van der Waals surface area contributed by atoms with Crippen LogP contribution in [0.4, 0.5) is 0 Å². The first-order valence-corrected chi connectivity index (χ1v) is 44.5. The molecule has 0 aliphatic heterocycles. The molecule has 0 aromatic heterocycles. The minimum atomic E-state index is -4.96. The fourth-order valence-corrected chi connectivity index (χ4v) is 13.9. The van der Waals surface area contributed by atoms with Crippen molar-refractivity contribution in [3.8, 4) is 0 Å². The zero-order valence-corrected chi connectivity index (χ0v) is 66.6. The number of phosphoric acid groups is 2. The van der Waals surface area contributed by atoms with Gasteiger partial charge in [-0.15, -0.1) is 0 Å². The van der Waals surface area contributed by atoms with E-state index in [0.717, 1.165) is 102 Å². The quantitative estimate of drug-likeness (QED) is 0.0222. The van der Waals surface area contributed by atoms with Gasteiger partial charge in [-0.05, 0) is 37.5 Å². The minimum Gasteiger partial charge on any atom is -0.462 e. The van der Waals surface area contributed by atoms with Gasteiger partial charge in [0.25, 0.3) is 0 Å². The normalized spacial score (nSPS) is 14.2. The van der Waals surface area contributed by atoms with E-state index in [0.29, 0.717) is 25.7 Å². The van der Waals surface area contributed by atoms with Crippen molar-refractivity contribution in [2.75, 3.05) is 39.6 Å². The summed E-state index contributed by atoms with van der Waals surface area (Å²) in [5, 5.41) is 10.6. The molecule has 0 fully saturated rings. The number of aliphatic hydroxyl groups excluding tert-OH is 1. The van der Waals surface area contributed by atoms with Gasteiger partial charge >= 0.3 is 39.5 Å². The molecule has 0 bridgehead atoms. The van der Waals surface area contributed by atoms with Crippen molar-refractivity contribution in [1.82, 2.24) is 0 Å². The maximum atomic E-state index is 13.1. The fraction of sp³-hybridized carbons (Fsp3) is 0.950. The molecule has 0 aliphatic rings. The van der Waals surface area contributed by atoms with Crippen molar-refractivity contribution < 1.29 is 80.2 Å². The highest BCUT2D eigenvalue weighted by Crippen LogP contribution is 2.45. The first-order chi connectivity index (χ1) is 47.9. The van der Waals surface area contributed by atoms with Gasteiger partial charge in [-0.2, -0.15) is 0 Å². The lowest BCUT2D eigenvalue weighted by Gasteiger charge is -2.21. The predicted octanol–water partition coefficient (Wildman–Crippen LogP) is 23.9. The monoisotopic (exact) mass is 1450 g/mol. The first kappa shape index (κ1) is 97.1. The molecule has 99 heavy (non-hydrogen) atoms. The molecular weight excluding hydrogens is 1290 g/mol. The van der Waals surface area contributed by atoms with Crippen LogP contribution in [0.1, 0.15) is 420 Å². The van der Waals surface area contributed by atoms with Crippen LogP contribution in [-0.2, 0) is 65.4 Å². The van der Waals surface area contributed by atoms with E-state index in [2.05, 4.69) is 41.5 Å². The van der Waals surface area contributed by atoms with E-state index in [-0.39, 0.29) is 25.7 Å². The van der Waals surface area contributed by atoms with Crippen LogP contribution in [0.5, 0.6) is 0 Å². The Bertz CT molecular complexity index is 1910. The molecular formula is C80H156O17P2. The van der Waals surface area contributed by atoms with Crippen molar-refractivity contribution >= 4 is 39.5 Å². The van der Waals surface area contributed by atoms with Crippen LogP contribution in [0.2, 0.25) is 0 Å². The summed E-state index contributed by atoms with van der Waals surface area (Å²) in [5.74, 6) is -0.515. The highest BCUT2D eigenvalue weighted by Gasteiger charge is 2.30. The summed E-state index contributed by atoms with van der Waals surface area (Å²) in [4.78, 5) is 73.0. The van der Waals surface area contributed by atoms with Crippen molar-refractivity contribution in [3.63, 3.8) is 0 Å². The molecule has 0 saturated heterocycles. The second-order valence-electron chi connectivity index (χ2n) is 29.5. The Kier molecular flexibility index (Phi) is 70.3. The van der Waals surface area contributed by atoms with E-state index in [1.807, 2.05) is 0 Å². The van der Waals surface area contributed by atoms with Gasteiger partial charge in [0.1, 0.15) is 19.3 Å². The highest BCUT2D eigenvalue weighted by molar-refractivity contribution is 7.47. The van der Waals surface area contributed by atoms with E-state index < -0.39 is 97.5 Å². The molecule has 0 aromatic rings. The molecule has 0 amide bonds. The molecule has 0 radical (unpaired) electrons. The summed E-state index contributed by atoms with van der Waals surface area (Å²) < 4.78 is 68.7. The van der Waals surface area contributed by atoms with Crippen molar-refractivity contribution in [2.45, 2.75) is 439 Å². The van der Waals surface area contributed by atoms with Crippen molar-refractivity contribution in [1.29, 1.82) is 0 Å². The molecule has 3 unspecified atom stereocenters. The Morgan fingerprint density at radius 3 is 0.768 bits per heavy atom. The van der Waals surface area contributed by atoms with Crippen LogP contribution in [0.15, 0.2) is 0 Å². The molecule has 0 aliphatic carbocycles. The van der Waals surface area contributed by atoms with Gasteiger partial charge in [0.05, 0.1) is 26.4 Å².